The van der Waals surface area contributed by atoms with Gasteiger partial charge < -0.3 is 11.1 Å². The Labute approximate surface area is 121 Å². The molecular formula is C15H17FN4O. The number of aromatic nitrogens is 2. The smallest absolute Gasteiger partial charge is 0.269 e. The summed E-state index contributed by atoms with van der Waals surface area (Å²) in [5.41, 5.74) is 7.42. The van der Waals surface area contributed by atoms with Crippen LogP contribution in [-0.4, -0.2) is 28.7 Å². The molecule has 1 amide bonds. The third-order valence-electron chi connectivity index (χ3n) is 3.72. The fourth-order valence-electron chi connectivity index (χ4n) is 2.32. The van der Waals surface area contributed by atoms with Crippen molar-refractivity contribution in [1.82, 2.24) is 15.5 Å². The molecule has 1 fully saturated rings. The van der Waals surface area contributed by atoms with E-state index in [2.05, 4.69) is 15.5 Å². The zero-order valence-corrected chi connectivity index (χ0v) is 11.5. The lowest BCUT2D eigenvalue weighted by molar-refractivity contribution is 0.0928. The van der Waals surface area contributed by atoms with Gasteiger partial charge in [0.1, 0.15) is 11.5 Å². The van der Waals surface area contributed by atoms with E-state index in [-0.39, 0.29) is 17.8 Å². The molecule has 4 N–H and O–H groups in total. The van der Waals surface area contributed by atoms with Crippen molar-refractivity contribution in [1.29, 1.82) is 0 Å². The van der Waals surface area contributed by atoms with Crippen LogP contribution in [0.4, 0.5) is 4.39 Å². The van der Waals surface area contributed by atoms with Crippen LogP contribution in [0.1, 0.15) is 23.3 Å². The molecule has 21 heavy (non-hydrogen) atoms. The summed E-state index contributed by atoms with van der Waals surface area (Å²) in [5.74, 6) is -0.0147. The van der Waals surface area contributed by atoms with E-state index in [4.69, 9.17) is 5.73 Å². The highest BCUT2D eigenvalue weighted by atomic mass is 19.1. The van der Waals surface area contributed by atoms with E-state index < -0.39 is 0 Å². The van der Waals surface area contributed by atoms with E-state index in [9.17, 15) is 9.18 Å². The number of nitrogens with two attached hydrogens (primary N) is 1. The molecule has 1 unspecified atom stereocenters. The van der Waals surface area contributed by atoms with Crippen molar-refractivity contribution in [2.75, 3.05) is 6.54 Å². The monoisotopic (exact) mass is 288 g/mol. The number of halogens is 1. The van der Waals surface area contributed by atoms with Gasteiger partial charge in [0, 0.05) is 18.2 Å². The zero-order valence-electron chi connectivity index (χ0n) is 11.5. The second-order valence-corrected chi connectivity index (χ2v) is 5.33. The normalized spacial score (nSPS) is 15.7. The van der Waals surface area contributed by atoms with E-state index in [0.29, 0.717) is 23.9 Å². The third kappa shape index (κ3) is 3.11. The van der Waals surface area contributed by atoms with Crippen molar-refractivity contribution in [2.45, 2.75) is 18.9 Å². The van der Waals surface area contributed by atoms with Gasteiger partial charge in [-0.05, 0) is 49.1 Å². The lowest BCUT2D eigenvalue weighted by Gasteiger charge is -2.14. The van der Waals surface area contributed by atoms with Gasteiger partial charge in [0.15, 0.2) is 0 Å². The summed E-state index contributed by atoms with van der Waals surface area (Å²) in [5, 5.41) is 9.73. The number of carbonyl (C=O) groups excluding carboxylic acids is 1. The molecule has 1 aromatic carbocycles. The number of benzene rings is 1. The highest BCUT2D eigenvalue weighted by Gasteiger charge is 2.31. The first kappa shape index (κ1) is 13.8. The van der Waals surface area contributed by atoms with Crippen LogP contribution in [0.3, 0.4) is 0 Å². The second kappa shape index (κ2) is 5.65. The molecule has 0 saturated heterocycles. The van der Waals surface area contributed by atoms with E-state index in [1.807, 2.05) is 0 Å². The second-order valence-electron chi connectivity index (χ2n) is 5.33. The average Bonchev–Trinajstić information content (AvgIpc) is 3.21. The Kier molecular flexibility index (Phi) is 3.70. The number of H-pyrrole nitrogens is 1. The van der Waals surface area contributed by atoms with Gasteiger partial charge in [0.25, 0.3) is 5.91 Å². The molecule has 6 heteroatoms. The molecule has 0 spiro atoms. The SMILES string of the molecule is NCC(NC(=O)c1cc(-c2ccc(F)cc2)n[nH]1)C1CC1. The summed E-state index contributed by atoms with van der Waals surface area (Å²) in [6.45, 7) is 0.440. The summed E-state index contributed by atoms with van der Waals surface area (Å²) < 4.78 is 12.9. The highest BCUT2D eigenvalue weighted by molar-refractivity contribution is 5.93. The van der Waals surface area contributed by atoms with Gasteiger partial charge in [-0.15, -0.1) is 0 Å². The van der Waals surface area contributed by atoms with Gasteiger partial charge in [-0.1, -0.05) is 0 Å². The summed E-state index contributed by atoms with van der Waals surface area (Å²) >= 11 is 0. The van der Waals surface area contributed by atoms with Crippen molar-refractivity contribution < 1.29 is 9.18 Å². The lowest BCUT2D eigenvalue weighted by atomic mass is 10.1. The molecule has 3 rings (SSSR count). The number of hydrogen-bond acceptors (Lipinski definition) is 3. The van der Waals surface area contributed by atoms with Crippen LogP contribution in [0.15, 0.2) is 30.3 Å². The minimum Gasteiger partial charge on any atom is -0.346 e. The predicted molar refractivity (Wildman–Crippen MR) is 77.0 cm³/mol. The van der Waals surface area contributed by atoms with Crippen LogP contribution >= 0.6 is 0 Å². The largest absolute Gasteiger partial charge is 0.346 e. The van der Waals surface area contributed by atoms with Gasteiger partial charge in [-0.3, -0.25) is 9.89 Å². The number of aromatic amines is 1. The number of nitrogens with zero attached hydrogens (tertiary/aromatic N) is 1. The van der Waals surface area contributed by atoms with E-state index in [1.54, 1.807) is 18.2 Å². The van der Waals surface area contributed by atoms with E-state index >= 15 is 0 Å². The molecule has 2 aromatic rings. The average molecular weight is 288 g/mol. The van der Waals surface area contributed by atoms with Crippen molar-refractivity contribution in [3.05, 3.63) is 41.8 Å². The molecule has 1 aromatic heterocycles. The Morgan fingerprint density at radius 3 is 2.76 bits per heavy atom. The van der Waals surface area contributed by atoms with Gasteiger partial charge in [-0.2, -0.15) is 5.10 Å². The lowest BCUT2D eigenvalue weighted by Crippen LogP contribution is -2.41. The highest BCUT2D eigenvalue weighted by Crippen LogP contribution is 2.32. The molecule has 0 bridgehead atoms. The van der Waals surface area contributed by atoms with Gasteiger partial charge >= 0.3 is 0 Å². The number of nitrogens with one attached hydrogen (secondary N) is 2. The van der Waals surface area contributed by atoms with Gasteiger partial charge in [0.2, 0.25) is 0 Å². The molecular weight excluding hydrogens is 271 g/mol. The van der Waals surface area contributed by atoms with Crippen molar-refractivity contribution in [2.24, 2.45) is 11.7 Å². The standard InChI is InChI=1S/C15H17FN4O/c16-11-5-3-9(4-6-11)12-7-13(20-19-12)15(21)18-14(8-17)10-1-2-10/h3-7,10,14H,1-2,8,17H2,(H,18,21)(H,19,20). The predicted octanol–water partition coefficient (Wildman–Crippen LogP) is 1.68. The molecule has 5 nitrogen and oxygen atoms in total. The van der Waals surface area contributed by atoms with Crippen LogP contribution < -0.4 is 11.1 Å². The number of carbonyl (C=O) groups is 1. The molecule has 1 heterocycles. The molecule has 1 atom stereocenters. The topological polar surface area (TPSA) is 83.8 Å². The minimum absolute atomic E-state index is 0.0232. The Hall–Kier alpha value is -2.21. The molecule has 0 aliphatic heterocycles. The maximum absolute atomic E-state index is 12.9. The molecule has 110 valence electrons. The minimum atomic E-state index is -0.303. The van der Waals surface area contributed by atoms with Crippen LogP contribution in [0.5, 0.6) is 0 Å². The zero-order chi connectivity index (χ0) is 14.8. The number of amides is 1. The van der Waals surface area contributed by atoms with Crippen molar-refractivity contribution in [3.8, 4) is 11.3 Å². The number of hydrogen-bond donors (Lipinski definition) is 3. The molecule has 0 radical (unpaired) electrons. The number of rotatable bonds is 5. The molecule has 1 aliphatic carbocycles. The van der Waals surface area contributed by atoms with Crippen molar-refractivity contribution >= 4 is 5.91 Å². The Balaban J connectivity index is 1.71. The van der Waals surface area contributed by atoms with Crippen LogP contribution in [0.2, 0.25) is 0 Å². The maximum atomic E-state index is 12.9. The van der Waals surface area contributed by atoms with Crippen LogP contribution in [-0.2, 0) is 0 Å². The third-order valence-corrected chi connectivity index (χ3v) is 3.72. The quantitative estimate of drug-likeness (QED) is 0.782. The summed E-state index contributed by atoms with van der Waals surface area (Å²) in [4.78, 5) is 12.1. The Bertz CT molecular complexity index is 633. The van der Waals surface area contributed by atoms with Gasteiger partial charge in [0.05, 0.1) is 5.69 Å². The Morgan fingerprint density at radius 1 is 1.43 bits per heavy atom. The summed E-state index contributed by atoms with van der Waals surface area (Å²) in [6, 6.07) is 7.65. The molecule has 1 saturated carbocycles. The van der Waals surface area contributed by atoms with Crippen LogP contribution in [0.25, 0.3) is 11.3 Å². The van der Waals surface area contributed by atoms with Gasteiger partial charge in [-0.25, -0.2) is 4.39 Å². The Morgan fingerprint density at radius 2 is 2.14 bits per heavy atom. The van der Waals surface area contributed by atoms with Crippen molar-refractivity contribution in [3.63, 3.8) is 0 Å². The fraction of sp³-hybridized carbons (Fsp3) is 0.333. The van der Waals surface area contributed by atoms with E-state index in [0.717, 1.165) is 18.4 Å². The van der Waals surface area contributed by atoms with Crippen LogP contribution in [0, 0.1) is 11.7 Å². The first-order valence-electron chi connectivity index (χ1n) is 6.99. The first-order chi connectivity index (χ1) is 10.2. The maximum Gasteiger partial charge on any atom is 0.269 e. The summed E-state index contributed by atoms with van der Waals surface area (Å²) in [7, 11) is 0. The fourth-order valence-corrected chi connectivity index (χ4v) is 2.32. The first-order valence-corrected chi connectivity index (χ1v) is 6.99. The summed E-state index contributed by atoms with van der Waals surface area (Å²) in [6.07, 6.45) is 2.23. The van der Waals surface area contributed by atoms with E-state index in [1.165, 1.54) is 12.1 Å². The molecule has 1 aliphatic rings.